The smallest absolute Gasteiger partial charge is 0.303 e. The number of rotatable bonds is 42. The van der Waals surface area contributed by atoms with Crippen molar-refractivity contribution in [2.75, 3.05) is 74.3 Å². The molecule has 1 aromatic heterocycles. The molecule has 0 fully saturated rings. The molecule has 0 radical (unpaired) electrons. The van der Waals surface area contributed by atoms with E-state index in [1.54, 1.807) is 24.1 Å². The Bertz CT molecular complexity index is 2780. The molecule has 0 spiro atoms. The highest BCUT2D eigenvalue weighted by molar-refractivity contribution is 7.09. The number of nitrogens with one attached hydrogen (secondary N) is 7. The van der Waals surface area contributed by atoms with Crippen LogP contribution in [-0.4, -0.2) is 205 Å². The van der Waals surface area contributed by atoms with Gasteiger partial charge in [0.15, 0.2) is 6.10 Å². The lowest BCUT2D eigenvalue weighted by Gasteiger charge is -2.37. The molecular formula is C61H93N11O17S. The number of imide groups is 1. The van der Waals surface area contributed by atoms with E-state index in [0.717, 1.165) is 28.4 Å². The van der Waals surface area contributed by atoms with Gasteiger partial charge in [0.25, 0.3) is 17.7 Å². The molecule has 10 amide bonds. The molecule has 0 bridgehead atoms. The zero-order valence-corrected chi connectivity index (χ0v) is 54.4. The van der Waals surface area contributed by atoms with Gasteiger partial charge in [0, 0.05) is 95.2 Å². The minimum absolute atomic E-state index is 0.0138. The van der Waals surface area contributed by atoms with E-state index in [4.69, 9.17) is 14.2 Å². The monoisotopic (exact) mass is 1280 g/mol. The summed E-state index contributed by atoms with van der Waals surface area (Å²) in [6.07, 6.45) is 2.60. The van der Waals surface area contributed by atoms with Crippen LogP contribution in [0, 0.1) is 17.8 Å². The van der Waals surface area contributed by atoms with Crippen LogP contribution >= 0.6 is 11.3 Å². The summed E-state index contributed by atoms with van der Waals surface area (Å²) in [6.45, 7) is 12.1. The highest BCUT2D eigenvalue weighted by Crippen LogP contribution is 2.31. The summed E-state index contributed by atoms with van der Waals surface area (Å²) >= 11 is 1.06. The Morgan fingerprint density at radius 3 is 2.07 bits per heavy atom. The van der Waals surface area contributed by atoms with Crippen molar-refractivity contribution in [1.29, 1.82) is 0 Å². The maximum absolute atomic E-state index is 14.4. The number of amides is 10. The molecule has 7 atom stereocenters. The van der Waals surface area contributed by atoms with E-state index < -0.39 is 103 Å². The number of carboxylic acids is 1. The third kappa shape index (κ3) is 26.7. The number of aromatic nitrogens is 1. The fraction of sp³-hybridized carbons (Fsp3) is 0.623. The van der Waals surface area contributed by atoms with Crippen LogP contribution in [0.2, 0.25) is 0 Å². The van der Waals surface area contributed by atoms with E-state index in [2.05, 4.69) is 42.2 Å². The number of esters is 1. The summed E-state index contributed by atoms with van der Waals surface area (Å²) in [7, 11) is 6.77. The predicted molar refractivity (Wildman–Crippen MR) is 331 cm³/mol. The number of carbonyl (C=O) groups is 12. The predicted octanol–water partition coefficient (Wildman–Crippen LogP) is 1.64. The van der Waals surface area contributed by atoms with Crippen LogP contribution in [0.4, 0.5) is 0 Å². The van der Waals surface area contributed by atoms with E-state index in [0.29, 0.717) is 31.4 Å². The standard InChI is InChI=1S/C61H93N11O17S/c1-12-38(6)55(69-59(85)56(37(4)5)70(8)9)61(86)71(10)45(36(2)3)30-47(89-39(7)73)60-68-44(35-90-60)58(84)66-42(19-23-54(81)82)29-40-18-20-46(74)41(28-40)31-63-49(76)32-64-50(77)33-65-57(83)43(16-13-14-24-62-51(78)34-88-27-26-87-11)67-48(75)17-15-25-72-52(79)21-22-53(72)80/h18,20-22,28,35-38,42-43,45,47,55-56,74H,12-17,19,23-27,29-34H2,1-11H3,(H,62,78)(H,63,76)(H,64,77)(H,65,83)(H,66,84)(H,67,75)(H,69,85)(H,81,82)/t38-,42+,43-,45+,47+,55-,56-/m0/s1. The van der Waals surface area contributed by atoms with E-state index in [1.807, 2.05) is 60.5 Å². The van der Waals surface area contributed by atoms with Crippen molar-refractivity contribution in [2.45, 2.75) is 156 Å². The molecular weight excluding hydrogens is 1190 g/mol. The second kappa shape index (κ2) is 39.3. The first-order valence-electron chi connectivity index (χ1n) is 30.2. The molecule has 0 saturated heterocycles. The Labute approximate surface area is 530 Å². The van der Waals surface area contributed by atoms with E-state index >= 15 is 0 Å². The summed E-state index contributed by atoms with van der Waals surface area (Å²) in [5.41, 5.74) is 0.753. The average molecular weight is 1280 g/mol. The number of ether oxygens (including phenoxy) is 3. The summed E-state index contributed by atoms with van der Waals surface area (Å²) < 4.78 is 15.9. The summed E-state index contributed by atoms with van der Waals surface area (Å²) in [4.78, 5) is 163. The maximum Gasteiger partial charge on any atom is 0.303 e. The number of unbranched alkanes of at least 4 members (excludes halogenated alkanes) is 1. The third-order valence-electron chi connectivity index (χ3n) is 14.9. The number of aliphatic carboxylic acids is 1. The number of likely N-dealkylation sites (N-methyl/N-ethyl adjacent to an activating group) is 2. The number of nitrogens with zero attached hydrogens (tertiary/aromatic N) is 4. The summed E-state index contributed by atoms with van der Waals surface area (Å²) in [6, 6.07) is 0.752. The summed E-state index contributed by atoms with van der Waals surface area (Å²) in [5, 5.41) is 40.8. The fourth-order valence-corrected chi connectivity index (χ4v) is 10.7. The molecule has 28 nitrogen and oxygen atoms in total. The van der Waals surface area contributed by atoms with Crippen LogP contribution in [0.3, 0.4) is 0 Å². The molecule has 2 heterocycles. The molecule has 90 heavy (non-hydrogen) atoms. The van der Waals surface area contributed by atoms with Crippen molar-refractivity contribution in [3.05, 3.63) is 57.6 Å². The highest BCUT2D eigenvalue weighted by Gasteiger charge is 2.38. The van der Waals surface area contributed by atoms with Crippen LogP contribution in [0.5, 0.6) is 5.75 Å². The highest BCUT2D eigenvalue weighted by atomic mass is 32.1. The number of carboxylic acid groups (broad SMARTS) is 1. The van der Waals surface area contributed by atoms with E-state index in [9.17, 15) is 67.7 Å². The van der Waals surface area contributed by atoms with Gasteiger partial charge in [-0.15, -0.1) is 11.3 Å². The number of hydrogen-bond donors (Lipinski definition) is 9. The lowest BCUT2D eigenvalue weighted by molar-refractivity contribution is -0.149. The van der Waals surface area contributed by atoms with Gasteiger partial charge >= 0.3 is 11.9 Å². The molecule has 1 aromatic carbocycles. The van der Waals surface area contributed by atoms with Gasteiger partial charge in [0.05, 0.1) is 32.3 Å². The molecule has 0 aliphatic carbocycles. The van der Waals surface area contributed by atoms with Crippen LogP contribution in [0.15, 0.2) is 35.7 Å². The summed E-state index contributed by atoms with van der Waals surface area (Å²) in [5.74, 6) is -7.63. The zero-order chi connectivity index (χ0) is 67.2. The average Bonchev–Trinajstić information content (AvgIpc) is 1.66. The molecule has 0 unspecified atom stereocenters. The van der Waals surface area contributed by atoms with Crippen LogP contribution in [0.25, 0.3) is 0 Å². The first-order valence-corrected chi connectivity index (χ1v) is 31.1. The van der Waals surface area contributed by atoms with Gasteiger partial charge in [-0.25, -0.2) is 4.98 Å². The minimum Gasteiger partial charge on any atom is -0.508 e. The quantitative estimate of drug-likeness (QED) is 0.0259. The SMILES string of the molecule is CC[C@H](C)[C@H](NC(=O)[C@H](C(C)C)N(C)C)C(=O)N(C)[C@H](C[C@@H](OC(C)=O)c1nc(C(=O)N[C@H](CCC(=O)O)Cc2ccc(O)c(CNC(=O)CNC(=O)CNC(=O)[C@H](CCCCNC(=O)COCCOC)NC(=O)CCCN3C(=O)C=CC3=O)c2)cs1)C(C)C. The molecule has 0 saturated carbocycles. The van der Waals surface area contributed by atoms with Crippen molar-refractivity contribution in [3.8, 4) is 5.75 Å². The van der Waals surface area contributed by atoms with Crippen molar-refractivity contribution in [1.82, 2.24) is 56.9 Å². The molecule has 1 aliphatic rings. The molecule has 29 heteroatoms. The topological polar surface area (TPSA) is 380 Å². The number of aromatic hydroxyl groups is 1. The Kier molecular flexibility index (Phi) is 33.3. The van der Waals surface area contributed by atoms with E-state index in [-0.39, 0.29) is 135 Å². The van der Waals surface area contributed by atoms with E-state index in [1.165, 1.54) is 25.5 Å². The Morgan fingerprint density at radius 1 is 0.767 bits per heavy atom. The number of benzene rings is 1. The molecule has 2 aromatic rings. The van der Waals surface area contributed by atoms with Crippen molar-refractivity contribution < 1.29 is 82.0 Å². The van der Waals surface area contributed by atoms with Crippen LogP contribution in [0.1, 0.15) is 139 Å². The number of methoxy groups -OCH3 is 1. The number of phenols is 1. The first kappa shape index (κ1) is 76.4. The maximum atomic E-state index is 14.4. The third-order valence-corrected chi connectivity index (χ3v) is 15.8. The number of thiazole rings is 1. The second-order valence-electron chi connectivity index (χ2n) is 23.0. The Hall–Kier alpha value is -7.89. The van der Waals surface area contributed by atoms with Crippen molar-refractivity contribution >= 4 is 82.3 Å². The Morgan fingerprint density at radius 2 is 1.44 bits per heavy atom. The lowest BCUT2D eigenvalue weighted by atomic mass is 9.92. The number of phenolic OH excluding ortho intramolecular Hbond substituents is 1. The van der Waals surface area contributed by atoms with Gasteiger partial charge < -0.3 is 66.5 Å². The van der Waals surface area contributed by atoms with Gasteiger partial charge in [0.1, 0.15) is 35.1 Å². The van der Waals surface area contributed by atoms with Gasteiger partial charge in [0.2, 0.25) is 41.4 Å². The molecule has 9 N–H and O–H groups in total. The van der Waals surface area contributed by atoms with Gasteiger partial charge in [-0.3, -0.25) is 67.3 Å². The number of carbonyl (C=O) groups excluding carboxylic acids is 11. The van der Waals surface area contributed by atoms with Gasteiger partial charge in [-0.1, -0.05) is 60.1 Å². The largest absolute Gasteiger partial charge is 0.508 e. The van der Waals surface area contributed by atoms with Crippen molar-refractivity contribution in [3.63, 3.8) is 0 Å². The van der Waals surface area contributed by atoms with Gasteiger partial charge in [-0.2, -0.15) is 0 Å². The van der Waals surface area contributed by atoms with Crippen LogP contribution < -0.4 is 37.2 Å². The molecule has 3 rings (SSSR count). The normalized spacial score (nSPS) is 14.4. The molecule has 1 aliphatic heterocycles. The Balaban J connectivity index is 1.65. The van der Waals surface area contributed by atoms with Crippen molar-refractivity contribution in [2.24, 2.45) is 17.8 Å². The number of hydrogen-bond acceptors (Lipinski definition) is 19. The lowest BCUT2D eigenvalue weighted by Crippen LogP contribution is -2.58. The molecule has 500 valence electrons. The van der Waals surface area contributed by atoms with Gasteiger partial charge in [-0.05, 0) is 82.0 Å². The van der Waals surface area contributed by atoms with Crippen LogP contribution in [-0.2, 0) is 79.9 Å². The second-order valence-corrected chi connectivity index (χ2v) is 23.9. The minimum atomic E-state index is -1.12. The zero-order valence-electron chi connectivity index (χ0n) is 53.6. The first-order chi connectivity index (χ1) is 42.6. The fourth-order valence-electron chi connectivity index (χ4n) is 9.88.